The van der Waals surface area contributed by atoms with E-state index < -0.39 is 18.0 Å². The number of hydrogen-bond donors (Lipinski definition) is 1. The molecule has 0 spiro atoms. The van der Waals surface area contributed by atoms with Crippen molar-refractivity contribution < 1.29 is 23.0 Å². The van der Waals surface area contributed by atoms with Crippen LogP contribution < -0.4 is 10.2 Å². The van der Waals surface area contributed by atoms with Gasteiger partial charge in [0.2, 0.25) is 6.35 Å². The Kier molecular flexibility index (Phi) is 6.37. The van der Waals surface area contributed by atoms with E-state index in [1.165, 1.54) is 4.68 Å². The normalized spacial score (nSPS) is 17.4. The van der Waals surface area contributed by atoms with Crippen molar-refractivity contribution in [3.63, 3.8) is 0 Å². The van der Waals surface area contributed by atoms with Gasteiger partial charge in [0.05, 0.1) is 35.8 Å². The molecule has 1 fully saturated rings. The van der Waals surface area contributed by atoms with Crippen molar-refractivity contribution in [1.29, 1.82) is 0 Å². The summed E-state index contributed by atoms with van der Waals surface area (Å²) in [6.07, 6.45) is 0.859. The summed E-state index contributed by atoms with van der Waals surface area (Å²) in [7, 11) is 0. The van der Waals surface area contributed by atoms with Crippen LogP contribution in [0.15, 0.2) is 54.6 Å². The number of hydrogen-bond acceptors (Lipinski definition) is 6. The number of rotatable bonds is 6. The molecule has 4 heterocycles. The van der Waals surface area contributed by atoms with E-state index in [1.807, 2.05) is 36.4 Å². The summed E-state index contributed by atoms with van der Waals surface area (Å²) in [6.45, 7) is 2.01. The van der Waals surface area contributed by atoms with Crippen molar-refractivity contribution in [2.45, 2.75) is 25.8 Å². The van der Waals surface area contributed by atoms with Gasteiger partial charge in [-0.15, -0.1) is 0 Å². The molecular formula is C27H25F2N5O3. The SMILES string of the molecule is O=C(COCc1ccccc1)N1CCCc2nc(-c3nn(C4NCCO4)c4cc(F)c(F)cc34)ccc21. The van der Waals surface area contributed by atoms with Crippen molar-refractivity contribution in [2.24, 2.45) is 0 Å². The number of carbonyl (C=O) groups is 1. The van der Waals surface area contributed by atoms with Crippen LogP contribution in [-0.4, -0.2) is 47.0 Å². The van der Waals surface area contributed by atoms with E-state index >= 15 is 0 Å². The number of nitrogens with zero attached hydrogens (tertiary/aromatic N) is 4. The molecule has 1 saturated heterocycles. The topological polar surface area (TPSA) is 81.5 Å². The molecule has 0 bridgehead atoms. The van der Waals surface area contributed by atoms with Gasteiger partial charge in [-0.1, -0.05) is 30.3 Å². The number of nitrogens with one attached hydrogen (secondary N) is 1. The highest BCUT2D eigenvalue weighted by Gasteiger charge is 2.27. The van der Waals surface area contributed by atoms with Crippen molar-refractivity contribution in [2.75, 3.05) is 31.2 Å². The minimum Gasteiger partial charge on any atom is -0.367 e. The van der Waals surface area contributed by atoms with Gasteiger partial charge in [-0.3, -0.25) is 10.1 Å². The molecule has 8 nitrogen and oxygen atoms in total. The smallest absolute Gasteiger partial charge is 0.253 e. The lowest BCUT2D eigenvalue weighted by Gasteiger charge is -2.29. The molecule has 0 aliphatic carbocycles. The third-order valence-corrected chi connectivity index (χ3v) is 6.58. The minimum atomic E-state index is -0.959. The van der Waals surface area contributed by atoms with Crippen molar-refractivity contribution in [1.82, 2.24) is 20.1 Å². The predicted molar refractivity (Wildman–Crippen MR) is 133 cm³/mol. The number of pyridine rings is 1. The molecule has 6 rings (SSSR count). The summed E-state index contributed by atoms with van der Waals surface area (Å²) in [4.78, 5) is 19.5. The fourth-order valence-corrected chi connectivity index (χ4v) is 4.82. The zero-order valence-corrected chi connectivity index (χ0v) is 20.0. The molecule has 1 unspecified atom stereocenters. The number of halogens is 2. The van der Waals surface area contributed by atoms with Crippen LogP contribution in [0, 0.1) is 11.6 Å². The zero-order chi connectivity index (χ0) is 25.4. The summed E-state index contributed by atoms with van der Waals surface area (Å²) in [6, 6.07) is 15.5. The van der Waals surface area contributed by atoms with E-state index in [4.69, 9.17) is 14.5 Å². The molecule has 190 valence electrons. The Morgan fingerprint density at radius 2 is 1.97 bits per heavy atom. The maximum absolute atomic E-state index is 14.2. The summed E-state index contributed by atoms with van der Waals surface area (Å²) >= 11 is 0. The number of benzene rings is 2. The standard InChI is InChI=1S/C27H25F2N5O3/c28-19-13-18-24(14-20(19)29)34(27-30-10-12-37-27)32-26(18)22-8-9-23-21(31-22)7-4-11-33(23)25(35)16-36-15-17-5-2-1-3-6-17/h1-3,5-6,8-9,13-14,27,30H,4,7,10-12,15-16H2. The predicted octanol–water partition coefficient (Wildman–Crippen LogP) is 3.95. The first-order valence-electron chi connectivity index (χ1n) is 12.2. The molecule has 10 heteroatoms. The Labute approximate surface area is 211 Å². The van der Waals surface area contributed by atoms with Crippen LogP contribution in [0.25, 0.3) is 22.3 Å². The number of ether oxygens (including phenoxy) is 2. The fourth-order valence-electron chi connectivity index (χ4n) is 4.82. The number of aryl methyl sites for hydroxylation is 1. The summed E-state index contributed by atoms with van der Waals surface area (Å²) < 4.78 is 41.2. The molecule has 1 atom stereocenters. The zero-order valence-electron chi connectivity index (χ0n) is 20.0. The molecule has 0 saturated carbocycles. The summed E-state index contributed by atoms with van der Waals surface area (Å²) in [5.41, 5.74) is 3.82. The lowest BCUT2D eigenvalue weighted by atomic mass is 10.1. The van der Waals surface area contributed by atoms with Gasteiger partial charge in [-0.25, -0.2) is 18.4 Å². The number of carbonyl (C=O) groups excluding carboxylic acids is 1. The summed E-state index contributed by atoms with van der Waals surface area (Å²) in [5.74, 6) is -2.05. The van der Waals surface area contributed by atoms with Gasteiger partial charge >= 0.3 is 0 Å². The monoisotopic (exact) mass is 505 g/mol. The van der Waals surface area contributed by atoms with Gasteiger partial charge < -0.3 is 14.4 Å². The van der Waals surface area contributed by atoms with Crippen LogP contribution in [0.5, 0.6) is 0 Å². The van der Waals surface area contributed by atoms with Gasteiger partial charge in [0.15, 0.2) is 11.6 Å². The maximum atomic E-state index is 14.2. The van der Waals surface area contributed by atoms with Crippen molar-refractivity contribution in [3.05, 3.63) is 77.5 Å². The van der Waals surface area contributed by atoms with E-state index in [9.17, 15) is 13.6 Å². The molecule has 2 aliphatic rings. The van der Waals surface area contributed by atoms with Gasteiger partial charge in [0, 0.05) is 24.5 Å². The molecule has 0 radical (unpaired) electrons. The molecular weight excluding hydrogens is 480 g/mol. The number of aromatic nitrogens is 3. The number of amides is 1. The number of fused-ring (bicyclic) bond motifs is 2. The average Bonchev–Trinajstić information content (AvgIpc) is 3.57. The van der Waals surface area contributed by atoms with Crippen LogP contribution >= 0.6 is 0 Å². The molecule has 1 amide bonds. The average molecular weight is 506 g/mol. The van der Waals surface area contributed by atoms with Crippen molar-refractivity contribution in [3.8, 4) is 11.4 Å². The quantitative estimate of drug-likeness (QED) is 0.428. The molecule has 1 N–H and O–H groups in total. The van der Waals surface area contributed by atoms with E-state index in [0.29, 0.717) is 55.0 Å². The third kappa shape index (κ3) is 4.59. The highest BCUT2D eigenvalue weighted by atomic mass is 19.2. The minimum absolute atomic E-state index is 0.0373. The van der Waals surface area contributed by atoms with E-state index in [0.717, 1.165) is 35.5 Å². The molecule has 2 aromatic heterocycles. The summed E-state index contributed by atoms with van der Waals surface area (Å²) in [5, 5.41) is 8.21. The van der Waals surface area contributed by atoms with Crippen LogP contribution in [-0.2, 0) is 27.3 Å². The van der Waals surface area contributed by atoms with Gasteiger partial charge in [-0.05, 0) is 36.6 Å². The van der Waals surface area contributed by atoms with E-state index in [2.05, 4.69) is 10.4 Å². The van der Waals surface area contributed by atoms with Crippen LogP contribution in [0.2, 0.25) is 0 Å². The lowest BCUT2D eigenvalue weighted by molar-refractivity contribution is -0.123. The van der Waals surface area contributed by atoms with Crippen LogP contribution in [0.4, 0.5) is 14.5 Å². The first kappa shape index (κ1) is 23.7. The fraction of sp³-hybridized carbons (Fsp3) is 0.296. The van der Waals surface area contributed by atoms with Gasteiger partial charge in [0.25, 0.3) is 5.91 Å². The lowest BCUT2D eigenvalue weighted by Crippen LogP contribution is -2.38. The highest BCUT2D eigenvalue weighted by molar-refractivity contribution is 5.96. The number of anilines is 1. The Balaban J connectivity index is 1.28. The highest BCUT2D eigenvalue weighted by Crippen LogP contribution is 2.34. The molecule has 2 aliphatic heterocycles. The maximum Gasteiger partial charge on any atom is 0.253 e. The Bertz CT molecular complexity index is 1450. The molecule has 37 heavy (non-hydrogen) atoms. The van der Waals surface area contributed by atoms with Crippen LogP contribution in [0.1, 0.15) is 24.0 Å². The van der Waals surface area contributed by atoms with E-state index in [1.54, 1.807) is 11.0 Å². The molecule has 2 aromatic carbocycles. The van der Waals surface area contributed by atoms with E-state index in [-0.39, 0.29) is 12.5 Å². The second kappa shape index (κ2) is 9.97. The first-order valence-corrected chi connectivity index (χ1v) is 12.2. The first-order chi connectivity index (χ1) is 18.1. The Morgan fingerprint density at radius 1 is 1.14 bits per heavy atom. The van der Waals surface area contributed by atoms with Crippen LogP contribution in [0.3, 0.4) is 0 Å². The third-order valence-electron chi connectivity index (χ3n) is 6.58. The second-order valence-corrected chi connectivity index (χ2v) is 9.04. The Hall–Kier alpha value is -3.73. The molecule has 4 aromatic rings. The second-order valence-electron chi connectivity index (χ2n) is 9.04. The van der Waals surface area contributed by atoms with Gasteiger partial charge in [-0.2, -0.15) is 5.10 Å². The Morgan fingerprint density at radius 3 is 2.78 bits per heavy atom. The largest absolute Gasteiger partial charge is 0.367 e. The van der Waals surface area contributed by atoms with Crippen molar-refractivity contribution >= 4 is 22.5 Å². The van der Waals surface area contributed by atoms with Gasteiger partial charge in [0.1, 0.15) is 12.3 Å².